The van der Waals surface area contributed by atoms with Crippen LogP contribution >= 0.6 is 11.6 Å². The number of aliphatic imine (C=N–C) groups is 1. The number of terminal acetylenes is 1. The summed E-state index contributed by atoms with van der Waals surface area (Å²) in [6.07, 6.45) is 11.5. The molecule has 1 aromatic heterocycles. The molecule has 0 radical (unpaired) electrons. The van der Waals surface area contributed by atoms with Gasteiger partial charge in [0.25, 0.3) is 0 Å². The average Bonchev–Trinajstić information content (AvgIpc) is 3.46. The van der Waals surface area contributed by atoms with Gasteiger partial charge in [0.15, 0.2) is 5.82 Å². The third-order valence-corrected chi connectivity index (χ3v) is 10.3. The van der Waals surface area contributed by atoms with Crippen LogP contribution in [0.3, 0.4) is 0 Å². The summed E-state index contributed by atoms with van der Waals surface area (Å²) < 4.78 is 52.7. The van der Waals surface area contributed by atoms with E-state index in [2.05, 4.69) is 25.7 Å². The molecular weight excluding hydrogens is 627 g/mol. The van der Waals surface area contributed by atoms with Gasteiger partial charge in [-0.2, -0.15) is 9.97 Å². The second kappa shape index (κ2) is 12.5. The highest BCUT2D eigenvalue weighted by Gasteiger charge is 2.49. The van der Waals surface area contributed by atoms with Crippen LogP contribution in [-0.4, -0.2) is 77.7 Å². The number of alkyl halides is 1. The number of nitrogens with zero attached hydrogens (tertiary/aromatic N) is 5. The minimum Gasteiger partial charge on any atom is -0.508 e. The molecule has 3 saturated heterocycles. The van der Waals surface area contributed by atoms with Gasteiger partial charge in [-0.3, -0.25) is 4.90 Å². The van der Waals surface area contributed by atoms with E-state index in [-0.39, 0.29) is 51.0 Å². The molecule has 4 aromatic rings. The van der Waals surface area contributed by atoms with Gasteiger partial charge in [0, 0.05) is 55.7 Å². The lowest BCUT2D eigenvalue weighted by atomic mass is 9.93. The molecule has 0 amide bonds. The van der Waals surface area contributed by atoms with E-state index in [0.717, 1.165) is 38.6 Å². The predicted molar refractivity (Wildman–Crippen MR) is 180 cm³/mol. The Morgan fingerprint density at radius 1 is 1.17 bits per heavy atom. The molecule has 4 heterocycles. The van der Waals surface area contributed by atoms with E-state index in [4.69, 9.17) is 27.7 Å². The molecule has 0 aliphatic carbocycles. The molecule has 3 aliphatic rings. The SMILES string of the molecule is C#Cc1c(F)ccc2cc(O)cc(-c3c(Cl)cc4c(N5CCCC(/C=N\C)CC5)nc(OCC56CCCN5C[C@H](F)C6)nc4c3F)c12. The van der Waals surface area contributed by atoms with Crippen molar-refractivity contribution >= 4 is 45.3 Å². The number of hydrogen-bond acceptors (Lipinski definition) is 7. The summed E-state index contributed by atoms with van der Waals surface area (Å²) in [5.41, 5.74) is -0.502. The zero-order valence-electron chi connectivity index (χ0n) is 26.1. The van der Waals surface area contributed by atoms with Crippen molar-refractivity contribution in [3.63, 3.8) is 0 Å². The number of phenolic OH excluding ortho intramolecular Hbond substituents is 1. The molecule has 3 fully saturated rings. The Morgan fingerprint density at radius 3 is 2.83 bits per heavy atom. The van der Waals surface area contributed by atoms with Crippen LogP contribution in [0.2, 0.25) is 5.02 Å². The van der Waals surface area contributed by atoms with Gasteiger partial charge in [0.05, 0.1) is 16.1 Å². The maximum atomic E-state index is 17.0. The normalized spacial score (nSPS) is 23.4. The first-order chi connectivity index (χ1) is 22.7. The Morgan fingerprint density at radius 2 is 2.02 bits per heavy atom. The predicted octanol–water partition coefficient (Wildman–Crippen LogP) is 7.33. The quantitative estimate of drug-likeness (QED) is 0.172. The number of aromatic hydroxyl groups is 1. The lowest BCUT2D eigenvalue weighted by molar-refractivity contribution is 0.107. The summed E-state index contributed by atoms with van der Waals surface area (Å²) in [7, 11) is 1.77. The van der Waals surface area contributed by atoms with Crippen LogP contribution in [0.1, 0.15) is 44.1 Å². The summed E-state index contributed by atoms with van der Waals surface area (Å²) in [5, 5.41) is 11.7. The maximum absolute atomic E-state index is 17.0. The minimum absolute atomic E-state index is 0.0183. The third kappa shape index (κ3) is 5.63. The molecule has 3 aromatic carbocycles. The number of halogens is 4. The number of hydrogen-bond donors (Lipinski definition) is 1. The largest absolute Gasteiger partial charge is 0.508 e. The standard InChI is InChI=1S/C36H35ClF3N5O2/c1-3-25-29(39)8-7-22-14-24(46)15-26(30(22)25)31-28(37)16-27-33(32(31)40)42-35(47-20-36-10-5-12-45(36)19-23(38)17-36)43-34(27)44-11-4-6-21(9-13-44)18-41-2/h1,7-8,14-16,18,21,23,46H,4-6,9-13,17,19-20H2,2H3/b41-18-/t21?,23-,36?/m1/s1. The van der Waals surface area contributed by atoms with Crippen molar-refractivity contribution in [2.75, 3.05) is 44.7 Å². The van der Waals surface area contributed by atoms with Crippen LogP contribution in [0.25, 0.3) is 32.8 Å². The number of phenols is 1. The molecule has 0 bridgehead atoms. The highest BCUT2D eigenvalue weighted by atomic mass is 35.5. The van der Waals surface area contributed by atoms with Crippen molar-refractivity contribution in [2.45, 2.75) is 50.2 Å². The molecular formula is C36H35ClF3N5O2. The summed E-state index contributed by atoms with van der Waals surface area (Å²) in [6, 6.07) is 7.03. The fourth-order valence-corrected chi connectivity index (χ4v) is 8.11. The van der Waals surface area contributed by atoms with Gasteiger partial charge in [-0.25, -0.2) is 13.2 Å². The number of ether oxygens (including phenoxy) is 1. The number of benzene rings is 3. The Hall–Kier alpha value is -4.07. The van der Waals surface area contributed by atoms with Gasteiger partial charge >= 0.3 is 6.01 Å². The summed E-state index contributed by atoms with van der Waals surface area (Å²) in [4.78, 5) is 17.9. The highest BCUT2D eigenvalue weighted by molar-refractivity contribution is 6.35. The van der Waals surface area contributed by atoms with Crippen molar-refractivity contribution in [1.29, 1.82) is 0 Å². The molecule has 244 valence electrons. The first-order valence-corrected chi connectivity index (χ1v) is 16.4. The second-order valence-corrected chi connectivity index (χ2v) is 13.3. The molecule has 7 rings (SSSR count). The smallest absolute Gasteiger partial charge is 0.319 e. The van der Waals surface area contributed by atoms with Crippen LogP contribution in [0.15, 0.2) is 35.3 Å². The van der Waals surface area contributed by atoms with E-state index in [1.54, 1.807) is 13.1 Å². The molecule has 0 spiro atoms. The zero-order valence-corrected chi connectivity index (χ0v) is 26.8. The van der Waals surface area contributed by atoms with Gasteiger partial charge in [-0.1, -0.05) is 23.6 Å². The minimum atomic E-state index is -0.930. The lowest BCUT2D eigenvalue weighted by Crippen LogP contribution is -2.43. The monoisotopic (exact) mass is 661 g/mol. The first kappa shape index (κ1) is 31.5. The lowest BCUT2D eigenvalue weighted by Gasteiger charge is -2.31. The van der Waals surface area contributed by atoms with Gasteiger partial charge < -0.3 is 19.7 Å². The van der Waals surface area contributed by atoms with Crippen LogP contribution in [0.5, 0.6) is 11.8 Å². The number of rotatable bonds is 6. The van der Waals surface area contributed by atoms with Crippen molar-refractivity contribution in [2.24, 2.45) is 10.9 Å². The fraction of sp³-hybridized carbons (Fsp3) is 0.417. The van der Waals surface area contributed by atoms with E-state index in [0.29, 0.717) is 48.6 Å². The number of fused-ring (bicyclic) bond motifs is 3. The Labute approximate surface area is 276 Å². The Kier molecular flexibility index (Phi) is 8.39. The van der Waals surface area contributed by atoms with E-state index < -0.39 is 23.3 Å². The average molecular weight is 662 g/mol. The van der Waals surface area contributed by atoms with E-state index >= 15 is 4.39 Å². The van der Waals surface area contributed by atoms with Crippen molar-refractivity contribution in [1.82, 2.24) is 14.9 Å². The number of anilines is 1. The highest BCUT2D eigenvalue weighted by Crippen LogP contribution is 2.45. The third-order valence-electron chi connectivity index (χ3n) is 9.97. The van der Waals surface area contributed by atoms with Crippen molar-refractivity contribution < 1.29 is 23.0 Å². The zero-order chi connectivity index (χ0) is 32.9. The summed E-state index contributed by atoms with van der Waals surface area (Å²) >= 11 is 6.87. The van der Waals surface area contributed by atoms with Crippen molar-refractivity contribution in [3.05, 3.63) is 52.6 Å². The van der Waals surface area contributed by atoms with Gasteiger partial charge in [0.1, 0.15) is 35.7 Å². The van der Waals surface area contributed by atoms with Crippen molar-refractivity contribution in [3.8, 4) is 35.2 Å². The fourth-order valence-electron chi connectivity index (χ4n) is 7.82. The molecule has 2 unspecified atom stereocenters. The van der Waals surface area contributed by atoms with E-state index in [9.17, 15) is 13.9 Å². The Bertz CT molecular complexity index is 1950. The molecule has 7 nitrogen and oxygen atoms in total. The van der Waals surface area contributed by atoms with Gasteiger partial charge in [0.2, 0.25) is 0 Å². The molecule has 1 N–H and O–H groups in total. The Balaban J connectivity index is 1.39. The summed E-state index contributed by atoms with van der Waals surface area (Å²) in [6.45, 7) is 2.67. The van der Waals surface area contributed by atoms with Crippen LogP contribution in [0.4, 0.5) is 19.0 Å². The first-order valence-electron chi connectivity index (χ1n) is 16.0. The van der Waals surface area contributed by atoms with E-state index in [1.807, 2.05) is 6.21 Å². The second-order valence-electron chi connectivity index (χ2n) is 12.9. The van der Waals surface area contributed by atoms with Gasteiger partial charge in [-0.15, -0.1) is 6.42 Å². The summed E-state index contributed by atoms with van der Waals surface area (Å²) in [5.74, 6) is 1.57. The molecule has 3 aliphatic heterocycles. The molecule has 47 heavy (non-hydrogen) atoms. The molecule has 11 heteroatoms. The topological polar surface area (TPSA) is 74.1 Å². The van der Waals surface area contributed by atoms with Crippen LogP contribution in [-0.2, 0) is 0 Å². The molecule has 3 atom stereocenters. The van der Waals surface area contributed by atoms with Crippen LogP contribution in [0, 0.1) is 29.9 Å². The van der Waals surface area contributed by atoms with E-state index in [1.165, 1.54) is 24.3 Å². The van der Waals surface area contributed by atoms with Crippen LogP contribution < -0.4 is 9.64 Å². The maximum Gasteiger partial charge on any atom is 0.319 e. The molecule has 0 saturated carbocycles. The number of aromatic nitrogens is 2. The van der Waals surface area contributed by atoms with Gasteiger partial charge in [-0.05, 0) is 79.8 Å².